The third-order valence-electron chi connectivity index (χ3n) is 0.969. The molecule has 0 saturated heterocycles. The zero-order valence-corrected chi connectivity index (χ0v) is 5.38. The minimum atomic E-state index is -3.48. The third-order valence-corrected chi connectivity index (χ3v) is 2.08. The highest BCUT2D eigenvalue weighted by Gasteiger charge is 2.26. The summed E-state index contributed by atoms with van der Waals surface area (Å²) in [6.45, 7) is 0. The molecule has 0 aliphatic carbocycles. The quantitative estimate of drug-likeness (QED) is 0.510. The fourth-order valence-corrected chi connectivity index (χ4v) is 1.38. The zero-order chi connectivity index (χ0) is 7.19. The van der Waals surface area contributed by atoms with Gasteiger partial charge in [-0.2, -0.15) is 23.4 Å². The van der Waals surface area contributed by atoms with Crippen molar-refractivity contribution in [2.75, 3.05) is 4.72 Å². The summed E-state index contributed by atoms with van der Waals surface area (Å²) in [6, 6.07) is 0. The van der Waals surface area contributed by atoms with Gasteiger partial charge in [-0.1, -0.05) is 0 Å². The van der Waals surface area contributed by atoms with E-state index in [0.29, 0.717) is 0 Å². The Labute approximate surface area is 56.4 Å². The molecule has 1 aromatic heterocycles. The van der Waals surface area contributed by atoms with Crippen LogP contribution in [0.3, 0.4) is 0 Å². The van der Waals surface area contributed by atoms with Gasteiger partial charge in [0.1, 0.15) is 0 Å². The van der Waals surface area contributed by atoms with Gasteiger partial charge in [0.2, 0.25) is 12.3 Å². The number of hydrogen-bond acceptors (Lipinski definition) is 5. The van der Waals surface area contributed by atoms with Crippen molar-refractivity contribution < 1.29 is 8.42 Å². The highest BCUT2D eigenvalue weighted by molar-refractivity contribution is 7.92. The fraction of sp³-hybridized carbons (Fsp3) is 0. The summed E-state index contributed by atoms with van der Waals surface area (Å²) >= 11 is 0. The van der Waals surface area contributed by atoms with Crippen LogP contribution in [-0.2, 0) is 10.0 Å². The van der Waals surface area contributed by atoms with Crippen molar-refractivity contribution >= 4 is 16.0 Å². The van der Waals surface area contributed by atoms with E-state index in [0.717, 1.165) is 0 Å². The summed E-state index contributed by atoms with van der Waals surface area (Å²) in [5, 5.41) is -0.266. The average Bonchev–Trinajstić information content (AvgIpc) is 2.04. The SMILES string of the molecule is O=S1(=O)Nc2n[c]nc1n2. The summed E-state index contributed by atoms with van der Waals surface area (Å²) < 4.78 is 23.6. The van der Waals surface area contributed by atoms with Crippen molar-refractivity contribution in [3.05, 3.63) is 6.33 Å². The summed E-state index contributed by atoms with van der Waals surface area (Å²) in [5.41, 5.74) is 0. The highest BCUT2D eigenvalue weighted by Crippen LogP contribution is 2.14. The molecule has 1 N–H and O–H groups in total. The predicted octanol–water partition coefficient (Wildman–Crippen LogP) is -1.21. The van der Waals surface area contributed by atoms with E-state index < -0.39 is 10.0 Å². The number of anilines is 1. The lowest BCUT2D eigenvalue weighted by Gasteiger charge is -1.86. The third kappa shape index (κ3) is 0.574. The molecule has 6 nitrogen and oxygen atoms in total. The van der Waals surface area contributed by atoms with Gasteiger partial charge in [-0.3, -0.25) is 0 Å². The topological polar surface area (TPSA) is 84.8 Å². The molecule has 51 valence electrons. The molecule has 0 saturated carbocycles. The average molecular weight is 157 g/mol. The van der Waals surface area contributed by atoms with Gasteiger partial charge in [0, 0.05) is 0 Å². The monoisotopic (exact) mass is 157 g/mol. The first-order chi connectivity index (χ1) is 4.68. The number of aromatic nitrogens is 3. The molecular formula is C3HN4O2S. The van der Waals surface area contributed by atoms with E-state index in [9.17, 15) is 8.42 Å². The molecule has 1 aliphatic rings. The van der Waals surface area contributed by atoms with E-state index in [2.05, 4.69) is 26.0 Å². The Morgan fingerprint density at radius 1 is 1.40 bits per heavy atom. The summed E-state index contributed by atoms with van der Waals surface area (Å²) in [7, 11) is -3.48. The van der Waals surface area contributed by atoms with Crippen LogP contribution >= 0.6 is 0 Å². The van der Waals surface area contributed by atoms with E-state index in [4.69, 9.17) is 0 Å². The molecule has 0 amide bonds. The Balaban J connectivity index is 2.81. The Morgan fingerprint density at radius 2 is 2.20 bits per heavy atom. The smallest absolute Gasteiger partial charge is 0.244 e. The Morgan fingerprint density at radius 3 is 2.80 bits per heavy atom. The molecule has 1 aliphatic heterocycles. The van der Waals surface area contributed by atoms with E-state index in [1.807, 2.05) is 0 Å². The van der Waals surface area contributed by atoms with Crippen LogP contribution in [0.25, 0.3) is 0 Å². The van der Waals surface area contributed by atoms with Gasteiger partial charge in [-0.25, -0.2) is 4.72 Å². The van der Waals surface area contributed by atoms with Crippen LogP contribution in [0.2, 0.25) is 0 Å². The van der Waals surface area contributed by atoms with Crippen LogP contribution in [0.1, 0.15) is 0 Å². The minimum Gasteiger partial charge on any atom is -0.244 e. The molecule has 7 heteroatoms. The lowest BCUT2D eigenvalue weighted by atomic mass is 11.0. The maximum atomic E-state index is 10.8. The standard InChI is InChI=1S/C3HN4O2S/c8-10(9)3-5-1-4-2(6-3)7-10/h(H,4,5,6,7). The maximum Gasteiger partial charge on any atom is 0.300 e. The Hall–Kier alpha value is -1.24. The van der Waals surface area contributed by atoms with E-state index in [-0.39, 0.29) is 11.1 Å². The van der Waals surface area contributed by atoms with Crippen LogP contribution in [0.5, 0.6) is 0 Å². The molecule has 10 heavy (non-hydrogen) atoms. The number of nitrogens with zero attached hydrogens (tertiary/aromatic N) is 3. The number of rotatable bonds is 0. The van der Waals surface area contributed by atoms with Gasteiger partial charge < -0.3 is 0 Å². The van der Waals surface area contributed by atoms with Crippen LogP contribution in [0.15, 0.2) is 5.16 Å². The molecule has 2 heterocycles. The van der Waals surface area contributed by atoms with Gasteiger partial charge >= 0.3 is 0 Å². The van der Waals surface area contributed by atoms with Gasteiger partial charge in [-0.05, 0) is 0 Å². The van der Waals surface area contributed by atoms with Gasteiger partial charge in [-0.15, -0.1) is 0 Å². The van der Waals surface area contributed by atoms with Crippen molar-refractivity contribution in [3.63, 3.8) is 0 Å². The second-order valence-corrected chi connectivity index (χ2v) is 3.22. The first-order valence-electron chi connectivity index (χ1n) is 2.33. The van der Waals surface area contributed by atoms with Gasteiger partial charge in [0.15, 0.2) is 0 Å². The lowest BCUT2D eigenvalue weighted by molar-refractivity contribution is 0.596. The van der Waals surface area contributed by atoms with E-state index in [1.54, 1.807) is 0 Å². The summed E-state index contributed by atoms with van der Waals surface area (Å²) in [6.07, 6.45) is 2.14. The van der Waals surface area contributed by atoms with Crippen LogP contribution < -0.4 is 4.72 Å². The Kier molecular flexibility index (Phi) is 0.791. The summed E-state index contributed by atoms with van der Waals surface area (Å²) in [5.74, 6) is 0.0324. The molecule has 2 rings (SSSR count). The van der Waals surface area contributed by atoms with Crippen molar-refractivity contribution in [1.29, 1.82) is 0 Å². The molecule has 0 fully saturated rings. The highest BCUT2D eigenvalue weighted by atomic mass is 32.2. The number of sulfonamides is 1. The molecule has 0 spiro atoms. The normalized spacial score (nSPS) is 18.4. The van der Waals surface area contributed by atoms with Gasteiger partial charge in [0.05, 0.1) is 0 Å². The second-order valence-electron chi connectivity index (χ2n) is 1.65. The predicted molar refractivity (Wildman–Crippen MR) is 29.5 cm³/mol. The van der Waals surface area contributed by atoms with E-state index in [1.165, 1.54) is 0 Å². The maximum absolute atomic E-state index is 10.8. The molecule has 0 atom stereocenters. The molecular weight excluding hydrogens is 156 g/mol. The van der Waals surface area contributed by atoms with Gasteiger partial charge in [0.25, 0.3) is 15.2 Å². The number of nitrogens with one attached hydrogen (secondary N) is 1. The van der Waals surface area contributed by atoms with Crippen molar-refractivity contribution in [1.82, 2.24) is 15.0 Å². The first-order valence-corrected chi connectivity index (χ1v) is 3.82. The number of hydrogen-bond donors (Lipinski definition) is 1. The van der Waals surface area contributed by atoms with Crippen molar-refractivity contribution in [2.45, 2.75) is 5.16 Å². The van der Waals surface area contributed by atoms with Crippen molar-refractivity contribution in [2.24, 2.45) is 0 Å². The fourth-order valence-electron chi connectivity index (χ4n) is 0.587. The molecule has 0 aromatic carbocycles. The van der Waals surface area contributed by atoms with Crippen LogP contribution in [0, 0.1) is 6.33 Å². The molecule has 1 aromatic rings. The van der Waals surface area contributed by atoms with Crippen LogP contribution in [0.4, 0.5) is 5.95 Å². The molecule has 2 bridgehead atoms. The van der Waals surface area contributed by atoms with E-state index >= 15 is 0 Å². The number of fused-ring (bicyclic) bond motifs is 2. The molecule has 1 radical (unpaired) electrons. The zero-order valence-electron chi connectivity index (χ0n) is 4.57. The second kappa shape index (κ2) is 1.43. The minimum absolute atomic E-state index is 0.0324. The molecule has 0 unspecified atom stereocenters. The lowest BCUT2D eigenvalue weighted by Crippen LogP contribution is -2.06. The van der Waals surface area contributed by atoms with Crippen LogP contribution in [-0.4, -0.2) is 23.4 Å². The largest absolute Gasteiger partial charge is 0.300 e. The first kappa shape index (κ1) is 5.54. The summed E-state index contributed by atoms with van der Waals surface area (Å²) in [4.78, 5) is 10.2. The van der Waals surface area contributed by atoms with Crippen molar-refractivity contribution in [3.8, 4) is 0 Å². The Bertz CT molecular complexity index is 372.